The van der Waals surface area contributed by atoms with Gasteiger partial charge in [-0.2, -0.15) is 0 Å². The molecule has 1 aliphatic heterocycles. The van der Waals surface area contributed by atoms with Gasteiger partial charge in [0.2, 0.25) is 6.29 Å². The van der Waals surface area contributed by atoms with E-state index < -0.39 is 59.3 Å². The summed E-state index contributed by atoms with van der Waals surface area (Å²) in [5.74, 6) is -1.14. The van der Waals surface area contributed by atoms with Crippen LogP contribution in [0.1, 0.15) is 43.6 Å². The number of rotatable bonds is 8. The van der Waals surface area contributed by atoms with E-state index in [1.54, 1.807) is 13.8 Å². The monoisotopic (exact) mass is 598 g/mol. The van der Waals surface area contributed by atoms with Crippen LogP contribution in [0, 0.1) is 0 Å². The number of phenols is 1. The molecule has 13 heteroatoms. The largest absolute Gasteiger partial charge is 0.508 e. The molecule has 0 bridgehead atoms. The molecule has 0 unspecified atom stereocenters. The van der Waals surface area contributed by atoms with Crippen molar-refractivity contribution in [2.24, 2.45) is 5.73 Å². The maximum absolute atomic E-state index is 12.9. The van der Waals surface area contributed by atoms with E-state index in [0.29, 0.717) is 12.0 Å². The van der Waals surface area contributed by atoms with E-state index in [-0.39, 0.29) is 28.0 Å². The zero-order chi connectivity index (χ0) is 31.6. The molecule has 4 atom stereocenters. The summed E-state index contributed by atoms with van der Waals surface area (Å²) in [6, 6.07) is 8.33. The number of hydrogen-bond donors (Lipinski definition) is 5. The van der Waals surface area contributed by atoms with Gasteiger partial charge < -0.3 is 49.7 Å². The summed E-state index contributed by atoms with van der Waals surface area (Å²) in [4.78, 5) is 37.2. The van der Waals surface area contributed by atoms with Crippen molar-refractivity contribution in [3.8, 4) is 17.2 Å². The number of aliphatic hydroxyl groups excluding tert-OH is 1. The van der Waals surface area contributed by atoms with Crippen molar-refractivity contribution in [1.29, 1.82) is 0 Å². The van der Waals surface area contributed by atoms with Crippen LogP contribution >= 0.6 is 0 Å². The number of aromatic hydroxyl groups is 2. The molecular formula is C30H34N2O11. The van der Waals surface area contributed by atoms with Crippen molar-refractivity contribution in [2.45, 2.75) is 64.3 Å². The molecule has 6 N–H and O–H groups in total. The second-order valence-electron chi connectivity index (χ2n) is 10.8. The molecule has 1 fully saturated rings. The highest BCUT2D eigenvalue weighted by Gasteiger charge is 2.53. The molecule has 0 radical (unpaired) electrons. The first-order valence-electron chi connectivity index (χ1n) is 13.3. The van der Waals surface area contributed by atoms with Crippen molar-refractivity contribution in [3.63, 3.8) is 0 Å². The van der Waals surface area contributed by atoms with Crippen molar-refractivity contribution in [2.75, 3.05) is 12.4 Å². The van der Waals surface area contributed by atoms with Crippen molar-refractivity contribution < 1.29 is 48.3 Å². The van der Waals surface area contributed by atoms with Crippen LogP contribution in [0.3, 0.4) is 0 Å². The van der Waals surface area contributed by atoms with Gasteiger partial charge in [-0.1, -0.05) is 11.6 Å². The molecule has 0 aliphatic carbocycles. The quantitative estimate of drug-likeness (QED) is 0.188. The standard InChI is InChI=1S/C30H34N2O11/c1-14(2)6-7-15-12-16(8-11-19(15)33)26(36)32-21-22(34)18-10-9-17(13-20(18)41-27(21)37)40-28-23(35)24(42-29(31)38)25(39-5)30(3,4)43-28/h6,8-13,23-25,28,33-35H,7H2,1-5H3,(H2,31,38)(H,32,36)/t23-,24+,25-,28-/m1/s1. The van der Waals surface area contributed by atoms with Crippen LogP contribution in [0.4, 0.5) is 10.5 Å². The Balaban J connectivity index is 1.58. The van der Waals surface area contributed by atoms with Crippen LogP contribution < -0.4 is 21.4 Å². The molecule has 0 spiro atoms. The first-order valence-corrected chi connectivity index (χ1v) is 13.3. The first-order chi connectivity index (χ1) is 20.2. The Hall–Kier alpha value is -4.59. The Morgan fingerprint density at radius 3 is 2.51 bits per heavy atom. The van der Waals surface area contributed by atoms with Crippen LogP contribution in [0.15, 0.2) is 57.3 Å². The molecule has 2 aromatic carbocycles. The second-order valence-corrected chi connectivity index (χ2v) is 10.8. The van der Waals surface area contributed by atoms with Crippen LogP contribution in [-0.2, 0) is 20.6 Å². The summed E-state index contributed by atoms with van der Waals surface area (Å²) in [6.45, 7) is 7.12. The molecule has 1 saturated heterocycles. The lowest BCUT2D eigenvalue weighted by molar-refractivity contribution is -0.304. The number of anilines is 1. The third-order valence-electron chi connectivity index (χ3n) is 6.94. The number of primary amides is 1. The summed E-state index contributed by atoms with van der Waals surface area (Å²) in [5, 5.41) is 34.3. The van der Waals surface area contributed by atoms with Gasteiger partial charge in [0.05, 0.1) is 11.0 Å². The Kier molecular flexibility index (Phi) is 8.99. The highest BCUT2D eigenvalue weighted by Crippen LogP contribution is 2.36. The van der Waals surface area contributed by atoms with E-state index in [2.05, 4.69) is 5.32 Å². The molecule has 13 nitrogen and oxygen atoms in total. The third-order valence-corrected chi connectivity index (χ3v) is 6.94. The predicted molar refractivity (Wildman–Crippen MR) is 154 cm³/mol. The first kappa shape index (κ1) is 31.3. The Labute approximate surface area is 246 Å². The number of methoxy groups -OCH3 is 1. The van der Waals surface area contributed by atoms with E-state index >= 15 is 0 Å². The molecule has 0 saturated carbocycles. The molecule has 3 aromatic rings. The normalized spacial score (nSPS) is 21.2. The maximum atomic E-state index is 12.9. The number of aliphatic hydroxyl groups is 1. The average Bonchev–Trinajstić information content (AvgIpc) is 2.92. The topological polar surface area (TPSA) is 200 Å². The number of allylic oxidation sites excluding steroid dienone is 2. The van der Waals surface area contributed by atoms with Gasteiger partial charge in [0.15, 0.2) is 23.6 Å². The summed E-state index contributed by atoms with van der Waals surface area (Å²) in [6.07, 6.45) is -3.79. The van der Waals surface area contributed by atoms with Gasteiger partial charge in [-0.05, 0) is 70.0 Å². The van der Waals surface area contributed by atoms with E-state index in [1.807, 2.05) is 19.9 Å². The molecule has 43 heavy (non-hydrogen) atoms. The number of phenolic OH excluding ortho intramolecular Hbond substituents is 1. The summed E-state index contributed by atoms with van der Waals surface area (Å²) < 4.78 is 27.5. The molecule has 2 amide bonds. The highest BCUT2D eigenvalue weighted by molar-refractivity contribution is 6.06. The van der Waals surface area contributed by atoms with Gasteiger partial charge in [-0.25, -0.2) is 9.59 Å². The summed E-state index contributed by atoms with van der Waals surface area (Å²) >= 11 is 0. The minimum absolute atomic E-state index is 0.0179. The fourth-order valence-corrected chi connectivity index (χ4v) is 4.82. The number of fused-ring (bicyclic) bond motifs is 1. The minimum atomic E-state index is -1.51. The smallest absolute Gasteiger partial charge is 0.404 e. The van der Waals surface area contributed by atoms with Gasteiger partial charge in [0, 0.05) is 18.7 Å². The molecular weight excluding hydrogens is 564 g/mol. The van der Waals surface area contributed by atoms with E-state index in [1.165, 1.54) is 43.5 Å². The second kappa shape index (κ2) is 12.3. The fraction of sp³-hybridized carbons (Fsp3) is 0.367. The molecule has 4 rings (SSSR count). The average molecular weight is 599 g/mol. The molecule has 1 aliphatic rings. The van der Waals surface area contributed by atoms with E-state index in [4.69, 9.17) is 29.1 Å². The zero-order valence-electron chi connectivity index (χ0n) is 24.2. The van der Waals surface area contributed by atoms with Crippen LogP contribution in [0.25, 0.3) is 11.0 Å². The summed E-state index contributed by atoms with van der Waals surface area (Å²) in [5.41, 5.74) is 4.19. The number of carbonyl (C=O) groups is 2. The predicted octanol–water partition coefficient (Wildman–Crippen LogP) is 3.32. The molecule has 230 valence electrons. The minimum Gasteiger partial charge on any atom is -0.508 e. The van der Waals surface area contributed by atoms with E-state index in [9.17, 15) is 29.7 Å². The lowest BCUT2D eigenvalue weighted by atomic mass is 9.89. The van der Waals surface area contributed by atoms with Gasteiger partial charge in [-0.3, -0.25) is 4.79 Å². The van der Waals surface area contributed by atoms with Gasteiger partial charge in [-0.15, -0.1) is 0 Å². The Morgan fingerprint density at radius 1 is 1.14 bits per heavy atom. The molecule has 2 heterocycles. The van der Waals surface area contributed by atoms with Crippen LogP contribution in [0.2, 0.25) is 0 Å². The Morgan fingerprint density at radius 2 is 1.86 bits per heavy atom. The number of hydrogen-bond acceptors (Lipinski definition) is 11. The lowest BCUT2D eigenvalue weighted by Gasteiger charge is -2.47. The number of amides is 2. The fourth-order valence-electron chi connectivity index (χ4n) is 4.82. The lowest BCUT2D eigenvalue weighted by Crippen LogP contribution is -2.65. The number of carbonyl (C=O) groups excluding carboxylic acids is 2. The van der Waals surface area contributed by atoms with Crippen molar-refractivity contribution >= 4 is 28.7 Å². The van der Waals surface area contributed by atoms with Crippen molar-refractivity contribution in [1.82, 2.24) is 0 Å². The molecule has 1 aromatic heterocycles. The maximum Gasteiger partial charge on any atom is 0.404 e. The number of nitrogens with one attached hydrogen (secondary N) is 1. The SMILES string of the molecule is CO[C@@H]1[C@@H](OC(N)=O)[C@@H](O)[C@H](Oc2ccc3c(O)c(NC(=O)c4ccc(O)c(CC=C(C)C)c4)c(=O)oc3c2)OC1(C)C. The van der Waals surface area contributed by atoms with E-state index in [0.717, 1.165) is 5.57 Å². The zero-order valence-corrected chi connectivity index (χ0v) is 24.2. The van der Waals surface area contributed by atoms with Gasteiger partial charge in [0.1, 0.15) is 23.2 Å². The van der Waals surface area contributed by atoms with Crippen LogP contribution in [-0.4, -0.2) is 64.6 Å². The van der Waals surface area contributed by atoms with Gasteiger partial charge >= 0.3 is 11.7 Å². The third kappa shape index (κ3) is 6.74. The highest BCUT2D eigenvalue weighted by atomic mass is 16.7. The number of benzene rings is 2. The van der Waals surface area contributed by atoms with Gasteiger partial charge in [0.25, 0.3) is 5.91 Å². The number of ether oxygens (including phenoxy) is 4. The summed E-state index contributed by atoms with van der Waals surface area (Å²) in [7, 11) is 1.36. The van der Waals surface area contributed by atoms with Crippen molar-refractivity contribution in [3.05, 3.63) is 69.6 Å². The van der Waals surface area contributed by atoms with Crippen LogP contribution in [0.5, 0.6) is 17.2 Å². The number of nitrogens with two attached hydrogens (primary N) is 1. The Bertz CT molecular complexity index is 1620.